The summed E-state index contributed by atoms with van der Waals surface area (Å²) in [6.07, 6.45) is 0. The van der Waals surface area contributed by atoms with Crippen LogP contribution in [0.5, 0.6) is 0 Å². The summed E-state index contributed by atoms with van der Waals surface area (Å²) in [4.78, 5) is 22.8. The molecular weight excluding hydrogens is 285 g/mol. The van der Waals surface area contributed by atoms with Gasteiger partial charge in [-0.25, -0.2) is 4.39 Å². The smallest absolute Gasteiger partial charge is 0.317 e. The maximum atomic E-state index is 13.8. The summed E-state index contributed by atoms with van der Waals surface area (Å²) in [6.45, 7) is 3.86. The Morgan fingerprint density at radius 3 is 2.55 bits per heavy atom. The number of aryl methyl sites for hydroxylation is 1. The number of nitrogens with zero attached hydrogens (tertiary/aromatic N) is 1. The van der Waals surface area contributed by atoms with Crippen molar-refractivity contribution in [3.8, 4) is 0 Å². The zero-order valence-corrected chi connectivity index (χ0v) is 12.4. The highest BCUT2D eigenvalue weighted by molar-refractivity contribution is 5.82. The molecule has 4 nitrogen and oxygen atoms in total. The van der Waals surface area contributed by atoms with Gasteiger partial charge < -0.3 is 4.74 Å². The first kappa shape index (κ1) is 15.8. The fraction of sp³-hybridized carbons (Fsp3) is 0.235. The average molecular weight is 301 g/mol. The largest absolute Gasteiger partial charge is 0.465 e. The van der Waals surface area contributed by atoms with Crippen LogP contribution in [-0.4, -0.2) is 12.6 Å². The van der Waals surface area contributed by atoms with Crippen LogP contribution in [0.1, 0.15) is 29.5 Å². The number of carbonyl (C=O) groups is 1. The van der Waals surface area contributed by atoms with Crippen LogP contribution in [0.15, 0.2) is 47.6 Å². The van der Waals surface area contributed by atoms with Crippen molar-refractivity contribution in [2.24, 2.45) is 5.18 Å². The fourth-order valence-corrected chi connectivity index (χ4v) is 2.32. The van der Waals surface area contributed by atoms with Crippen LogP contribution < -0.4 is 0 Å². The van der Waals surface area contributed by atoms with E-state index in [1.807, 2.05) is 25.1 Å². The number of hydrogen-bond acceptors (Lipinski definition) is 4. The first-order valence-electron chi connectivity index (χ1n) is 6.92. The van der Waals surface area contributed by atoms with Crippen LogP contribution in [0.3, 0.4) is 0 Å². The minimum absolute atomic E-state index is 0.234. The molecule has 0 saturated carbocycles. The van der Waals surface area contributed by atoms with E-state index >= 15 is 0 Å². The number of hydrogen-bond donors (Lipinski definition) is 0. The minimum Gasteiger partial charge on any atom is -0.465 e. The lowest BCUT2D eigenvalue weighted by atomic mass is 9.90. The Labute approximate surface area is 127 Å². The van der Waals surface area contributed by atoms with E-state index < -0.39 is 17.7 Å². The standard InChI is InChI=1S/C17H16FNO3/c1-3-22-17(20)16(12-6-4-5-11(2)9-12)13-7-8-15(19-21)14(18)10-13/h4-10,16H,3H2,1-2H3. The molecule has 0 fully saturated rings. The maximum absolute atomic E-state index is 13.8. The van der Waals surface area contributed by atoms with E-state index in [1.54, 1.807) is 13.0 Å². The van der Waals surface area contributed by atoms with Crippen molar-refractivity contribution in [1.29, 1.82) is 0 Å². The molecule has 0 aliphatic carbocycles. The van der Waals surface area contributed by atoms with Crippen molar-refractivity contribution in [2.45, 2.75) is 19.8 Å². The van der Waals surface area contributed by atoms with Crippen LogP contribution in [-0.2, 0) is 9.53 Å². The first-order chi connectivity index (χ1) is 10.6. The van der Waals surface area contributed by atoms with E-state index in [-0.39, 0.29) is 12.3 Å². The molecule has 0 saturated heterocycles. The molecule has 0 aliphatic heterocycles. The van der Waals surface area contributed by atoms with Gasteiger partial charge in [0.2, 0.25) is 0 Å². The minimum atomic E-state index is -0.755. The Morgan fingerprint density at radius 2 is 1.95 bits per heavy atom. The predicted octanol–water partition coefficient (Wildman–Crippen LogP) is 4.23. The molecule has 2 rings (SSSR count). The third-order valence-corrected chi connectivity index (χ3v) is 3.30. The molecule has 5 heteroatoms. The van der Waals surface area contributed by atoms with Gasteiger partial charge in [-0.15, -0.1) is 4.91 Å². The van der Waals surface area contributed by atoms with E-state index in [0.29, 0.717) is 11.1 Å². The second-order valence-electron chi connectivity index (χ2n) is 4.90. The summed E-state index contributed by atoms with van der Waals surface area (Å²) in [6, 6.07) is 11.3. The van der Waals surface area contributed by atoms with E-state index in [9.17, 15) is 14.1 Å². The molecule has 1 atom stereocenters. The molecule has 0 N–H and O–H groups in total. The molecule has 0 spiro atoms. The van der Waals surface area contributed by atoms with Crippen molar-refractivity contribution < 1.29 is 13.9 Å². The van der Waals surface area contributed by atoms with Crippen LogP contribution in [0, 0.1) is 17.6 Å². The van der Waals surface area contributed by atoms with Gasteiger partial charge >= 0.3 is 5.97 Å². The molecule has 114 valence electrons. The van der Waals surface area contributed by atoms with E-state index in [1.165, 1.54) is 12.1 Å². The van der Waals surface area contributed by atoms with Gasteiger partial charge in [0.1, 0.15) is 11.6 Å². The molecule has 0 aromatic heterocycles. The summed E-state index contributed by atoms with van der Waals surface area (Å²) in [5.74, 6) is -1.95. The highest BCUT2D eigenvalue weighted by Crippen LogP contribution is 2.30. The summed E-state index contributed by atoms with van der Waals surface area (Å²) in [5, 5.41) is 2.60. The van der Waals surface area contributed by atoms with Crippen molar-refractivity contribution >= 4 is 11.7 Å². The Bertz CT molecular complexity index is 700. The second-order valence-corrected chi connectivity index (χ2v) is 4.90. The summed E-state index contributed by atoms with van der Waals surface area (Å²) >= 11 is 0. The maximum Gasteiger partial charge on any atom is 0.317 e. The summed E-state index contributed by atoms with van der Waals surface area (Å²) < 4.78 is 18.9. The van der Waals surface area contributed by atoms with Gasteiger partial charge in [0.15, 0.2) is 5.82 Å². The molecule has 2 aromatic rings. The first-order valence-corrected chi connectivity index (χ1v) is 6.92. The third-order valence-electron chi connectivity index (χ3n) is 3.30. The third kappa shape index (κ3) is 3.36. The second kappa shape index (κ2) is 6.93. The van der Waals surface area contributed by atoms with Gasteiger partial charge in [-0.3, -0.25) is 4.79 Å². The lowest BCUT2D eigenvalue weighted by molar-refractivity contribution is -0.143. The molecule has 0 amide bonds. The van der Waals surface area contributed by atoms with Gasteiger partial charge in [0.05, 0.1) is 6.61 Å². The Hall–Kier alpha value is -2.56. The highest BCUT2D eigenvalue weighted by atomic mass is 19.1. The fourth-order valence-electron chi connectivity index (χ4n) is 2.32. The van der Waals surface area contributed by atoms with Crippen molar-refractivity contribution in [2.75, 3.05) is 6.61 Å². The van der Waals surface area contributed by atoms with Crippen molar-refractivity contribution in [1.82, 2.24) is 0 Å². The van der Waals surface area contributed by atoms with Crippen LogP contribution in [0.2, 0.25) is 0 Å². The Balaban J connectivity index is 2.51. The van der Waals surface area contributed by atoms with Crippen molar-refractivity contribution in [3.05, 3.63) is 69.9 Å². The molecule has 22 heavy (non-hydrogen) atoms. The Kier molecular flexibility index (Phi) is 4.99. The van der Waals surface area contributed by atoms with Crippen molar-refractivity contribution in [3.63, 3.8) is 0 Å². The predicted molar refractivity (Wildman–Crippen MR) is 81.5 cm³/mol. The molecule has 2 aromatic carbocycles. The lowest BCUT2D eigenvalue weighted by Gasteiger charge is -2.17. The van der Waals surface area contributed by atoms with Crippen LogP contribution in [0.4, 0.5) is 10.1 Å². The number of halogens is 1. The van der Waals surface area contributed by atoms with Gasteiger partial charge in [-0.2, -0.15) is 0 Å². The molecular formula is C17H16FNO3. The summed E-state index contributed by atoms with van der Waals surface area (Å²) in [5.41, 5.74) is 1.84. The molecule has 0 radical (unpaired) electrons. The molecule has 0 aliphatic rings. The number of carbonyl (C=O) groups excluding carboxylic acids is 1. The normalized spacial score (nSPS) is 11.8. The molecule has 1 unspecified atom stereocenters. The SMILES string of the molecule is CCOC(=O)C(c1cccc(C)c1)c1ccc(N=O)c(F)c1. The number of rotatable bonds is 5. The lowest BCUT2D eigenvalue weighted by Crippen LogP contribution is -2.17. The zero-order chi connectivity index (χ0) is 16.1. The van der Waals surface area contributed by atoms with Crippen LogP contribution in [0.25, 0.3) is 0 Å². The van der Waals surface area contributed by atoms with Crippen LogP contribution >= 0.6 is 0 Å². The number of esters is 1. The zero-order valence-electron chi connectivity index (χ0n) is 12.4. The quantitative estimate of drug-likeness (QED) is 0.613. The van der Waals surface area contributed by atoms with Gasteiger partial charge in [-0.1, -0.05) is 35.9 Å². The van der Waals surface area contributed by atoms with Gasteiger partial charge in [-0.05, 0) is 42.3 Å². The Morgan fingerprint density at radius 1 is 1.23 bits per heavy atom. The van der Waals surface area contributed by atoms with E-state index in [2.05, 4.69) is 5.18 Å². The highest BCUT2D eigenvalue weighted by Gasteiger charge is 2.25. The van der Waals surface area contributed by atoms with E-state index in [0.717, 1.165) is 11.6 Å². The number of benzene rings is 2. The monoisotopic (exact) mass is 301 g/mol. The molecule has 0 heterocycles. The van der Waals surface area contributed by atoms with E-state index in [4.69, 9.17) is 4.74 Å². The number of nitroso groups, excluding NO2 is 1. The van der Waals surface area contributed by atoms with Gasteiger partial charge in [0, 0.05) is 0 Å². The topological polar surface area (TPSA) is 55.7 Å². The summed E-state index contributed by atoms with van der Waals surface area (Å²) in [7, 11) is 0. The number of ether oxygens (including phenoxy) is 1. The van der Waals surface area contributed by atoms with Gasteiger partial charge in [0.25, 0.3) is 0 Å². The average Bonchev–Trinajstić information content (AvgIpc) is 2.48. The molecule has 0 bridgehead atoms.